The van der Waals surface area contributed by atoms with Gasteiger partial charge >= 0.3 is 0 Å². The second-order valence-corrected chi connectivity index (χ2v) is 7.98. The third-order valence-corrected chi connectivity index (χ3v) is 6.42. The lowest BCUT2D eigenvalue weighted by Crippen LogP contribution is -2.79. The predicted octanol–water partition coefficient (Wildman–Crippen LogP) is 1.61. The van der Waals surface area contributed by atoms with Crippen molar-refractivity contribution in [3.05, 3.63) is 29.8 Å². The molecule has 0 aromatic carbocycles. The van der Waals surface area contributed by atoms with Crippen molar-refractivity contribution in [2.45, 2.75) is 37.3 Å². The normalized spacial score (nSPS) is 30.5. The molecule has 4 aliphatic rings. The van der Waals surface area contributed by atoms with Gasteiger partial charge in [-0.15, -0.1) is 0 Å². The molecule has 3 saturated carbocycles. The van der Waals surface area contributed by atoms with Crippen LogP contribution in [0.1, 0.15) is 35.4 Å². The van der Waals surface area contributed by atoms with E-state index in [9.17, 15) is 4.79 Å². The lowest BCUT2D eigenvalue weighted by Gasteiger charge is -2.74. The number of aryl methyl sites for hydroxylation is 1. The number of nitrogen functional groups attached to an aromatic ring is 1. The number of carbonyl (C=O) groups is 1. The maximum Gasteiger partial charge on any atom is 0.185 e. The third-order valence-electron chi connectivity index (χ3n) is 6.42. The molecule has 0 radical (unpaired) electrons. The molecule has 0 spiro atoms. The van der Waals surface area contributed by atoms with Crippen molar-refractivity contribution in [2.75, 3.05) is 32.0 Å². The first kappa shape index (κ1) is 16.0. The number of ether oxygens (including phenoxy) is 1. The van der Waals surface area contributed by atoms with Crippen LogP contribution in [0.3, 0.4) is 0 Å². The molecule has 136 valence electrons. The van der Waals surface area contributed by atoms with Crippen molar-refractivity contribution >= 4 is 12.1 Å². The van der Waals surface area contributed by atoms with Gasteiger partial charge in [-0.25, -0.2) is 9.97 Å². The number of nitrogens with two attached hydrogens (primary N) is 1. The number of hydrogen-bond donors (Lipinski definition) is 1. The van der Waals surface area contributed by atoms with Gasteiger partial charge in [-0.1, -0.05) is 0 Å². The molecule has 3 heterocycles. The molecule has 7 nitrogen and oxygen atoms in total. The lowest BCUT2D eigenvalue weighted by molar-refractivity contribution is -0.220. The van der Waals surface area contributed by atoms with Gasteiger partial charge < -0.3 is 15.0 Å². The quantitative estimate of drug-likeness (QED) is 0.841. The zero-order valence-corrected chi connectivity index (χ0v) is 14.9. The van der Waals surface area contributed by atoms with Gasteiger partial charge in [-0.2, -0.15) is 0 Å². The molecular formula is C19H23N5O2. The molecule has 3 aliphatic carbocycles. The van der Waals surface area contributed by atoms with Crippen molar-refractivity contribution in [3.8, 4) is 11.3 Å². The van der Waals surface area contributed by atoms with E-state index in [2.05, 4.69) is 19.4 Å². The van der Waals surface area contributed by atoms with E-state index in [1.807, 2.05) is 19.2 Å². The molecule has 26 heavy (non-hydrogen) atoms. The van der Waals surface area contributed by atoms with Crippen LogP contribution in [0.2, 0.25) is 0 Å². The summed E-state index contributed by atoms with van der Waals surface area (Å²) in [6, 6.07) is 1.97. The van der Waals surface area contributed by atoms with E-state index >= 15 is 0 Å². The molecule has 2 N–H and O–H groups in total. The van der Waals surface area contributed by atoms with Crippen molar-refractivity contribution in [3.63, 3.8) is 0 Å². The number of carbonyl (C=O) groups excluding carboxylic acids is 1. The monoisotopic (exact) mass is 353 g/mol. The van der Waals surface area contributed by atoms with Gasteiger partial charge in [-0.3, -0.25) is 9.69 Å². The van der Waals surface area contributed by atoms with Crippen LogP contribution in [-0.4, -0.2) is 57.6 Å². The van der Waals surface area contributed by atoms with Gasteiger partial charge in [0.25, 0.3) is 0 Å². The number of aromatic nitrogens is 3. The van der Waals surface area contributed by atoms with E-state index in [-0.39, 0.29) is 5.54 Å². The van der Waals surface area contributed by atoms with Gasteiger partial charge in [0.15, 0.2) is 12.1 Å². The van der Waals surface area contributed by atoms with Gasteiger partial charge in [0.2, 0.25) is 0 Å². The van der Waals surface area contributed by atoms with E-state index in [0.29, 0.717) is 17.2 Å². The number of pyridine rings is 1. The highest BCUT2D eigenvalue weighted by molar-refractivity contribution is 5.73. The van der Waals surface area contributed by atoms with Gasteiger partial charge in [-0.05, 0) is 37.8 Å². The SMILES string of the molecule is Cc1cc(-c2cn(C34CC(N5CCOCC5)(C3)C4)c(C=O)n2)cnc1N. The van der Waals surface area contributed by atoms with Crippen LogP contribution in [0.4, 0.5) is 5.82 Å². The molecule has 6 rings (SSSR count). The number of hydrogen-bond acceptors (Lipinski definition) is 6. The fourth-order valence-corrected chi connectivity index (χ4v) is 5.03. The van der Waals surface area contributed by atoms with Gasteiger partial charge in [0.1, 0.15) is 5.82 Å². The Kier molecular flexibility index (Phi) is 3.30. The molecule has 0 amide bonds. The van der Waals surface area contributed by atoms with Crippen LogP contribution in [-0.2, 0) is 10.3 Å². The zero-order valence-electron chi connectivity index (χ0n) is 14.9. The first-order chi connectivity index (χ1) is 12.6. The molecule has 4 fully saturated rings. The summed E-state index contributed by atoms with van der Waals surface area (Å²) in [4.78, 5) is 23.0. The lowest BCUT2D eigenvalue weighted by atomic mass is 9.43. The van der Waals surface area contributed by atoms with Crippen molar-refractivity contribution in [2.24, 2.45) is 0 Å². The first-order valence-corrected chi connectivity index (χ1v) is 9.16. The average Bonchev–Trinajstić information content (AvgIpc) is 3.00. The van der Waals surface area contributed by atoms with E-state index in [0.717, 1.165) is 68.7 Å². The number of imidazole rings is 1. The maximum absolute atomic E-state index is 11.6. The van der Waals surface area contributed by atoms with Crippen LogP contribution >= 0.6 is 0 Å². The standard InChI is InChI=1S/C19H23N5O2/c1-13-6-14(7-21-17(13)20)15-8-24(16(9-25)22-15)19-10-18(11-19,12-19)23-2-4-26-5-3-23/h6-9H,2-5,10-12H2,1H3,(H2,20,21). The molecular weight excluding hydrogens is 330 g/mol. The summed E-state index contributed by atoms with van der Waals surface area (Å²) in [5, 5.41) is 0. The zero-order chi connectivity index (χ0) is 17.9. The van der Waals surface area contributed by atoms with E-state index < -0.39 is 0 Å². The third kappa shape index (κ3) is 2.10. The Balaban J connectivity index is 1.42. The minimum Gasteiger partial charge on any atom is -0.383 e. The second-order valence-electron chi connectivity index (χ2n) is 7.98. The highest BCUT2D eigenvalue weighted by Crippen LogP contribution is 2.68. The van der Waals surface area contributed by atoms with Crippen LogP contribution < -0.4 is 5.73 Å². The molecule has 2 aromatic rings. The number of nitrogens with zero attached hydrogens (tertiary/aromatic N) is 4. The summed E-state index contributed by atoms with van der Waals surface area (Å²) in [5.74, 6) is 1.03. The fourth-order valence-electron chi connectivity index (χ4n) is 5.03. The minimum atomic E-state index is 0.0517. The van der Waals surface area contributed by atoms with Crippen LogP contribution in [0.15, 0.2) is 18.5 Å². The molecule has 0 atom stereocenters. The van der Waals surface area contributed by atoms with Crippen LogP contribution in [0.25, 0.3) is 11.3 Å². The summed E-state index contributed by atoms with van der Waals surface area (Å²) in [6.07, 6.45) is 7.88. The summed E-state index contributed by atoms with van der Waals surface area (Å²) >= 11 is 0. The van der Waals surface area contributed by atoms with Crippen LogP contribution in [0, 0.1) is 6.92 Å². The Morgan fingerprint density at radius 3 is 2.62 bits per heavy atom. The largest absolute Gasteiger partial charge is 0.383 e. The minimum absolute atomic E-state index is 0.0517. The molecule has 7 heteroatoms. The summed E-state index contributed by atoms with van der Waals surface area (Å²) in [5.41, 5.74) is 8.78. The molecule has 0 unspecified atom stereocenters. The van der Waals surface area contributed by atoms with E-state index in [1.54, 1.807) is 6.20 Å². The first-order valence-electron chi connectivity index (χ1n) is 9.16. The number of morpholine rings is 1. The second kappa shape index (κ2) is 5.37. The smallest absolute Gasteiger partial charge is 0.185 e. The number of anilines is 1. The van der Waals surface area contributed by atoms with Gasteiger partial charge in [0.05, 0.1) is 24.4 Å². The Morgan fingerprint density at radius 2 is 1.96 bits per heavy atom. The Morgan fingerprint density at radius 1 is 1.23 bits per heavy atom. The molecule has 1 saturated heterocycles. The van der Waals surface area contributed by atoms with Crippen molar-refractivity contribution in [1.29, 1.82) is 0 Å². The van der Waals surface area contributed by atoms with Crippen molar-refractivity contribution in [1.82, 2.24) is 19.4 Å². The van der Waals surface area contributed by atoms with Gasteiger partial charge in [0, 0.05) is 36.6 Å². The molecule has 2 bridgehead atoms. The Bertz CT molecular complexity index is 864. The topological polar surface area (TPSA) is 86.3 Å². The number of aldehydes is 1. The van der Waals surface area contributed by atoms with Crippen LogP contribution in [0.5, 0.6) is 0 Å². The van der Waals surface area contributed by atoms with E-state index in [1.165, 1.54) is 0 Å². The Hall–Kier alpha value is -2.25. The Labute approximate surface area is 152 Å². The summed E-state index contributed by atoms with van der Waals surface area (Å²) in [6.45, 7) is 5.61. The van der Waals surface area contributed by atoms with Crippen molar-refractivity contribution < 1.29 is 9.53 Å². The number of rotatable bonds is 4. The predicted molar refractivity (Wildman–Crippen MR) is 96.9 cm³/mol. The summed E-state index contributed by atoms with van der Waals surface area (Å²) in [7, 11) is 0. The molecule has 2 aromatic heterocycles. The maximum atomic E-state index is 11.6. The highest BCUT2D eigenvalue weighted by atomic mass is 16.5. The highest BCUT2D eigenvalue weighted by Gasteiger charge is 2.71. The molecule has 1 aliphatic heterocycles. The summed E-state index contributed by atoms with van der Waals surface area (Å²) < 4.78 is 7.58. The van der Waals surface area contributed by atoms with E-state index in [4.69, 9.17) is 10.5 Å². The average molecular weight is 353 g/mol. The fraction of sp³-hybridized carbons (Fsp3) is 0.526.